The Bertz CT molecular complexity index is 567. The molecule has 0 aliphatic rings. The molecule has 2 aromatic rings. The monoisotopic (exact) mass is 293 g/mol. The maximum absolute atomic E-state index is 5.70. The molecule has 0 aromatic carbocycles. The van der Waals surface area contributed by atoms with E-state index in [2.05, 4.69) is 31.4 Å². The number of thioether (sulfide) groups is 1. The van der Waals surface area contributed by atoms with E-state index in [1.54, 1.807) is 11.8 Å². The van der Waals surface area contributed by atoms with Crippen molar-refractivity contribution >= 4 is 23.7 Å². The third kappa shape index (κ3) is 3.60. The van der Waals surface area contributed by atoms with E-state index in [9.17, 15) is 0 Å². The van der Waals surface area contributed by atoms with Crippen LogP contribution in [-0.2, 0) is 12.3 Å². The number of nitrogens with two attached hydrogens (primary N) is 1. The second-order valence-electron chi connectivity index (χ2n) is 4.50. The molecule has 7 nitrogen and oxygen atoms in total. The summed E-state index contributed by atoms with van der Waals surface area (Å²) in [5.74, 6) is 2.10. The van der Waals surface area contributed by atoms with Gasteiger partial charge in [-0.05, 0) is 6.42 Å². The Kier molecular flexibility index (Phi) is 4.78. The van der Waals surface area contributed by atoms with E-state index in [-0.39, 0.29) is 5.95 Å². The summed E-state index contributed by atoms with van der Waals surface area (Å²) in [6.45, 7) is 3.11. The molecular formula is C12H19N7S. The Morgan fingerprint density at radius 1 is 1.30 bits per heavy atom. The zero-order chi connectivity index (χ0) is 14.5. The van der Waals surface area contributed by atoms with Crippen LogP contribution in [0.3, 0.4) is 0 Å². The predicted octanol–water partition coefficient (Wildman–Crippen LogP) is 1.42. The number of aromatic nitrogens is 5. The number of imidazole rings is 1. The van der Waals surface area contributed by atoms with Crippen molar-refractivity contribution in [3.05, 3.63) is 18.2 Å². The molecule has 0 radical (unpaired) electrons. The lowest BCUT2D eigenvalue weighted by atomic mass is 10.5. The van der Waals surface area contributed by atoms with Crippen molar-refractivity contribution in [3.63, 3.8) is 0 Å². The van der Waals surface area contributed by atoms with Gasteiger partial charge in [-0.2, -0.15) is 15.0 Å². The maximum atomic E-state index is 5.70. The number of hydrogen-bond acceptors (Lipinski definition) is 7. The van der Waals surface area contributed by atoms with Gasteiger partial charge in [-0.1, -0.05) is 18.7 Å². The maximum Gasteiger partial charge on any atom is 0.229 e. The van der Waals surface area contributed by atoms with Gasteiger partial charge in [0.2, 0.25) is 11.9 Å². The minimum Gasteiger partial charge on any atom is -0.368 e. The molecule has 0 aliphatic carbocycles. The molecule has 0 bridgehead atoms. The zero-order valence-corrected chi connectivity index (χ0v) is 12.8. The lowest BCUT2D eigenvalue weighted by molar-refractivity contribution is 0.620. The largest absolute Gasteiger partial charge is 0.368 e. The summed E-state index contributed by atoms with van der Waals surface area (Å²) in [7, 11) is 3.75. The minimum absolute atomic E-state index is 0.246. The molecule has 0 fully saturated rings. The van der Waals surface area contributed by atoms with E-state index >= 15 is 0 Å². The highest BCUT2D eigenvalue weighted by Crippen LogP contribution is 2.20. The van der Waals surface area contributed by atoms with Gasteiger partial charge in [-0.25, -0.2) is 4.98 Å². The molecule has 0 unspecified atom stereocenters. The molecule has 0 atom stereocenters. The van der Waals surface area contributed by atoms with Crippen LogP contribution in [-0.4, -0.2) is 38.6 Å². The highest BCUT2D eigenvalue weighted by Gasteiger charge is 2.09. The van der Waals surface area contributed by atoms with Crippen molar-refractivity contribution in [2.45, 2.75) is 30.8 Å². The van der Waals surface area contributed by atoms with Crippen LogP contribution in [0.1, 0.15) is 19.2 Å². The summed E-state index contributed by atoms with van der Waals surface area (Å²) in [6, 6.07) is 0. The molecule has 108 valence electrons. The summed E-state index contributed by atoms with van der Waals surface area (Å²) >= 11 is 1.60. The second-order valence-corrected chi connectivity index (χ2v) is 5.44. The van der Waals surface area contributed by atoms with Gasteiger partial charge in [0.05, 0.1) is 5.75 Å². The lowest BCUT2D eigenvalue weighted by Crippen LogP contribution is -2.16. The summed E-state index contributed by atoms with van der Waals surface area (Å²) in [6.07, 6.45) is 4.87. The Morgan fingerprint density at radius 2 is 2.10 bits per heavy atom. The van der Waals surface area contributed by atoms with Crippen LogP contribution in [0, 0.1) is 0 Å². The fourth-order valence-corrected chi connectivity index (χ4v) is 2.51. The third-order valence-corrected chi connectivity index (χ3v) is 3.56. The van der Waals surface area contributed by atoms with Gasteiger partial charge in [0.15, 0.2) is 5.16 Å². The quantitative estimate of drug-likeness (QED) is 0.806. The molecule has 2 heterocycles. The van der Waals surface area contributed by atoms with Gasteiger partial charge in [0, 0.05) is 33.0 Å². The summed E-state index contributed by atoms with van der Waals surface area (Å²) in [5, 5.41) is 0.970. The van der Waals surface area contributed by atoms with Gasteiger partial charge in [0.1, 0.15) is 5.82 Å². The molecule has 2 N–H and O–H groups in total. The first-order valence-electron chi connectivity index (χ1n) is 6.41. The van der Waals surface area contributed by atoms with E-state index in [0.29, 0.717) is 17.5 Å². The van der Waals surface area contributed by atoms with E-state index in [1.807, 2.05) is 31.4 Å². The van der Waals surface area contributed by atoms with Crippen molar-refractivity contribution in [1.29, 1.82) is 0 Å². The number of nitrogen functional groups attached to an aromatic ring is 1. The van der Waals surface area contributed by atoms with Crippen LogP contribution in [0.25, 0.3) is 0 Å². The minimum atomic E-state index is 0.246. The van der Waals surface area contributed by atoms with Gasteiger partial charge in [0.25, 0.3) is 0 Å². The number of hydrogen-bond donors (Lipinski definition) is 1. The number of rotatable bonds is 6. The summed E-state index contributed by atoms with van der Waals surface area (Å²) < 4.78 is 2.13. The SMILES string of the molecule is CCCn1ccnc1SCc1nc(N)nc(N(C)C)n1. The zero-order valence-electron chi connectivity index (χ0n) is 11.9. The number of nitrogens with zero attached hydrogens (tertiary/aromatic N) is 6. The average Bonchev–Trinajstić information content (AvgIpc) is 2.83. The van der Waals surface area contributed by atoms with Crippen LogP contribution in [0.4, 0.5) is 11.9 Å². The van der Waals surface area contributed by atoms with Gasteiger partial charge >= 0.3 is 0 Å². The third-order valence-electron chi connectivity index (χ3n) is 2.56. The van der Waals surface area contributed by atoms with E-state index in [4.69, 9.17) is 5.73 Å². The molecule has 8 heteroatoms. The molecule has 0 spiro atoms. The fourth-order valence-electron chi connectivity index (χ4n) is 1.67. The number of anilines is 2. The van der Waals surface area contributed by atoms with Crippen LogP contribution in [0.5, 0.6) is 0 Å². The van der Waals surface area contributed by atoms with E-state index < -0.39 is 0 Å². The first kappa shape index (κ1) is 14.6. The van der Waals surface area contributed by atoms with Gasteiger partial charge in [-0.3, -0.25) is 0 Å². The highest BCUT2D eigenvalue weighted by atomic mass is 32.2. The molecular weight excluding hydrogens is 274 g/mol. The van der Waals surface area contributed by atoms with E-state index in [0.717, 1.165) is 18.1 Å². The van der Waals surface area contributed by atoms with Crippen LogP contribution >= 0.6 is 11.8 Å². The summed E-state index contributed by atoms with van der Waals surface area (Å²) in [4.78, 5) is 18.8. The average molecular weight is 293 g/mol. The Hall–Kier alpha value is -1.83. The lowest BCUT2D eigenvalue weighted by Gasteiger charge is -2.11. The van der Waals surface area contributed by atoms with Gasteiger partial charge < -0.3 is 15.2 Å². The molecule has 0 amide bonds. The Balaban J connectivity index is 2.08. The molecule has 20 heavy (non-hydrogen) atoms. The second kappa shape index (κ2) is 6.56. The predicted molar refractivity (Wildman–Crippen MR) is 80.6 cm³/mol. The normalized spacial score (nSPS) is 10.8. The van der Waals surface area contributed by atoms with E-state index in [1.165, 1.54) is 0 Å². The molecule has 0 aliphatic heterocycles. The molecule has 0 saturated carbocycles. The van der Waals surface area contributed by atoms with Crippen molar-refractivity contribution in [2.75, 3.05) is 24.7 Å². The standard InChI is InChI=1S/C12H19N7S/c1-4-6-19-7-5-14-12(19)20-8-9-15-10(13)17-11(16-9)18(2)3/h5,7H,4,6,8H2,1-3H3,(H2,13,15,16,17). The Labute approximate surface area is 122 Å². The van der Waals surface area contributed by atoms with Crippen molar-refractivity contribution < 1.29 is 0 Å². The van der Waals surface area contributed by atoms with Crippen LogP contribution in [0.2, 0.25) is 0 Å². The molecule has 2 aromatic heterocycles. The van der Waals surface area contributed by atoms with Crippen molar-refractivity contribution in [2.24, 2.45) is 0 Å². The molecule has 0 saturated heterocycles. The van der Waals surface area contributed by atoms with Crippen molar-refractivity contribution in [1.82, 2.24) is 24.5 Å². The number of aryl methyl sites for hydroxylation is 1. The van der Waals surface area contributed by atoms with Crippen molar-refractivity contribution in [3.8, 4) is 0 Å². The van der Waals surface area contributed by atoms with Gasteiger partial charge in [-0.15, -0.1) is 0 Å². The smallest absolute Gasteiger partial charge is 0.229 e. The first-order chi connectivity index (χ1) is 9.60. The van der Waals surface area contributed by atoms with Crippen LogP contribution < -0.4 is 10.6 Å². The molecule has 2 rings (SSSR count). The Morgan fingerprint density at radius 3 is 2.80 bits per heavy atom. The van der Waals surface area contributed by atoms with Crippen LogP contribution in [0.15, 0.2) is 17.6 Å². The first-order valence-corrected chi connectivity index (χ1v) is 7.40. The summed E-state index contributed by atoms with van der Waals surface area (Å²) in [5.41, 5.74) is 5.70. The topological polar surface area (TPSA) is 85.8 Å². The fraction of sp³-hybridized carbons (Fsp3) is 0.500. The highest BCUT2D eigenvalue weighted by molar-refractivity contribution is 7.98.